The van der Waals surface area contributed by atoms with Crippen molar-refractivity contribution in [1.29, 1.82) is 0 Å². The average molecular weight is 257 g/mol. The third-order valence-corrected chi connectivity index (χ3v) is 1.88. The van der Waals surface area contributed by atoms with Gasteiger partial charge in [0.15, 0.2) is 5.54 Å². The highest BCUT2D eigenvalue weighted by atomic mass is 16.6. The van der Waals surface area contributed by atoms with Gasteiger partial charge in [0.05, 0.1) is 7.11 Å². The maximum atomic E-state index is 11.6. The van der Waals surface area contributed by atoms with Gasteiger partial charge in [0, 0.05) is 0 Å². The molecule has 0 fully saturated rings. The normalized spacial score (nSPS) is 14.7. The largest absolute Gasteiger partial charge is 0.467 e. The summed E-state index contributed by atoms with van der Waals surface area (Å²) in [6.45, 7) is 6.50. The number of rotatable bonds is 4. The van der Waals surface area contributed by atoms with Crippen molar-refractivity contribution in [1.82, 2.24) is 5.32 Å². The molecule has 0 saturated heterocycles. The lowest BCUT2D eigenvalue weighted by Crippen LogP contribution is -2.52. The Hall–Kier alpha value is -1.85. The number of carbonyl (C=O) groups is 3. The summed E-state index contributed by atoms with van der Waals surface area (Å²) in [6.07, 6.45) is 2.06. The second-order valence-corrected chi connectivity index (χ2v) is 4.82. The van der Waals surface area contributed by atoms with Gasteiger partial charge in [0.1, 0.15) is 11.9 Å². The maximum Gasteiger partial charge on any atom is 0.408 e. The van der Waals surface area contributed by atoms with E-state index >= 15 is 0 Å². The topological polar surface area (TPSA) is 81.7 Å². The van der Waals surface area contributed by atoms with E-state index in [-0.39, 0.29) is 0 Å². The van der Waals surface area contributed by atoms with Crippen LogP contribution in [0.3, 0.4) is 0 Å². The standard InChI is InChI=1S/C12H19NO5/c1-11(2,3)18-10(16)13-12(4,7-6-8-14)9(15)17-5/h6-8H,1-5H3,(H,13,16)/b7-6+/t12-/m0/s1. The van der Waals surface area contributed by atoms with Crippen molar-refractivity contribution in [2.45, 2.75) is 38.8 Å². The molecule has 0 rings (SSSR count). The molecule has 1 atom stereocenters. The van der Waals surface area contributed by atoms with Crippen LogP contribution in [0.25, 0.3) is 0 Å². The smallest absolute Gasteiger partial charge is 0.408 e. The van der Waals surface area contributed by atoms with E-state index in [4.69, 9.17) is 4.74 Å². The number of ether oxygens (including phenoxy) is 2. The minimum absolute atomic E-state index is 0.498. The zero-order chi connectivity index (χ0) is 14.4. The number of esters is 1. The molecular weight excluding hydrogens is 238 g/mol. The predicted octanol–water partition coefficient (Wildman–Crippen LogP) is 1.20. The van der Waals surface area contributed by atoms with Crippen molar-refractivity contribution < 1.29 is 23.9 Å². The van der Waals surface area contributed by atoms with Crippen LogP contribution in [0.1, 0.15) is 27.7 Å². The molecule has 6 nitrogen and oxygen atoms in total. The summed E-state index contributed by atoms with van der Waals surface area (Å²) in [5.74, 6) is -0.702. The van der Waals surface area contributed by atoms with Crippen LogP contribution in [-0.4, -0.2) is 36.6 Å². The zero-order valence-electron chi connectivity index (χ0n) is 11.3. The number of carbonyl (C=O) groups excluding carboxylic acids is 3. The third kappa shape index (κ3) is 5.47. The molecule has 0 aliphatic heterocycles. The van der Waals surface area contributed by atoms with Crippen molar-refractivity contribution in [2.24, 2.45) is 0 Å². The fourth-order valence-electron chi connectivity index (χ4n) is 1.12. The van der Waals surface area contributed by atoms with E-state index in [9.17, 15) is 14.4 Å². The van der Waals surface area contributed by atoms with E-state index in [1.54, 1.807) is 20.8 Å². The van der Waals surface area contributed by atoms with Crippen LogP contribution in [0.2, 0.25) is 0 Å². The molecule has 1 amide bonds. The summed E-state index contributed by atoms with van der Waals surface area (Å²) in [5, 5.41) is 2.35. The minimum atomic E-state index is -1.45. The average Bonchev–Trinajstić information content (AvgIpc) is 2.22. The highest BCUT2D eigenvalue weighted by Crippen LogP contribution is 2.12. The van der Waals surface area contributed by atoms with E-state index in [2.05, 4.69) is 10.1 Å². The lowest BCUT2D eigenvalue weighted by Gasteiger charge is -2.27. The number of nitrogens with one attached hydrogen (secondary N) is 1. The summed E-state index contributed by atoms with van der Waals surface area (Å²) in [4.78, 5) is 33.5. The Morgan fingerprint density at radius 1 is 1.17 bits per heavy atom. The Balaban J connectivity index is 4.91. The Bertz CT molecular complexity index is 356. The monoisotopic (exact) mass is 257 g/mol. The highest BCUT2D eigenvalue weighted by Gasteiger charge is 2.35. The SMILES string of the molecule is COC(=O)[C@](C)(/C=C/C=O)NC(=O)OC(C)(C)C. The fraction of sp³-hybridized carbons (Fsp3) is 0.583. The Labute approximate surface area is 106 Å². The first-order valence-corrected chi connectivity index (χ1v) is 5.37. The number of hydrogen-bond acceptors (Lipinski definition) is 5. The van der Waals surface area contributed by atoms with Gasteiger partial charge in [-0.1, -0.05) is 0 Å². The first-order valence-electron chi connectivity index (χ1n) is 5.37. The molecule has 6 heteroatoms. The van der Waals surface area contributed by atoms with Crippen molar-refractivity contribution >= 4 is 18.3 Å². The lowest BCUT2D eigenvalue weighted by molar-refractivity contribution is -0.145. The van der Waals surface area contributed by atoms with E-state index in [0.29, 0.717) is 6.29 Å². The molecular formula is C12H19NO5. The zero-order valence-corrected chi connectivity index (χ0v) is 11.3. The summed E-state index contributed by atoms with van der Waals surface area (Å²) < 4.78 is 9.60. The Kier molecular flexibility index (Phi) is 5.55. The number of allylic oxidation sites excluding steroid dienone is 1. The van der Waals surface area contributed by atoms with E-state index < -0.39 is 23.2 Å². The van der Waals surface area contributed by atoms with Crippen LogP contribution in [0.4, 0.5) is 4.79 Å². The van der Waals surface area contributed by atoms with Crippen LogP contribution in [0, 0.1) is 0 Å². The molecule has 0 saturated carbocycles. The molecule has 18 heavy (non-hydrogen) atoms. The van der Waals surface area contributed by atoms with Crippen LogP contribution in [0.15, 0.2) is 12.2 Å². The maximum absolute atomic E-state index is 11.6. The fourth-order valence-corrected chi connectivity index (χ4v) is 1.12. The van der Waals surface area contributed by atoms with Crippen LogP contribution < -0.4 is 5.32 Å². The molecule has 0 aromatic heterocycles. The van der Waals surface area contributed by atoms with Gasteiger partial charge in [-0.2, -0.15) is 0 Å². The van der Waals surface area contributed by atoms with Crippen molar-refractivity contribution in [3.8, 4) is 0 Å². The molecule has 0 bridgehead atoms. The minimum Gasteiger partial charge on any atom is -0.467 e. The Morgan fingerprint density at radius 3 is 2.11 bits per heavy atom. The number of hydrogen-bond donors (Lipinski definition) is 1. The van der Waals surface area contributed by atoms with Crippen LogP contribution in [-0.2, 0) is 19.1 Å². The third-order valence-electron chi connectivity index (χ3n) is 1.88. The van der Waals surface area contributed by atoms with Crippen molar-refractivity contribution in [3.63, 3.8) is 0 Å². The molecule has 0 aromatic rings. The molecule has 0 spiro atoms. The van der Waals surface area contributed by atoms with Crippen LogP contribution >= 0.6 is 0 Å². The second kappa shape index (κ2) is 6.18. The summed E-state index contributed by atoms with van der Waals surface area (Å²) >= 11 is 0. The molecule has 1 N–H and O–H groups in total. The molecule has 102 valence electrons. The first kappa shape index (κ1) is 16.1. The molecule has 0 aliphatic carbocycles. The van der Waals surface area contributed by atoms with Gasteiger partial charge in [-0.15, -0.1) is 0 Å². The summed E-state index contributed by atoms with van der Waals surface area (Å²) in [7, 11) is 1.19. The summed E-state index contributed by atoms with van der Waals surface area (Å²) in [6, 6.07) is 0. The van der Waals surface area contributed by atoms with E-state index in [1.165, 1.54) is 20.1 Å². The van der Waals surface area contributed by atoms with Crippen molar-refractivity contribution in [2.75, 3.05) is 7.11 Å². The second-order valence-electron chi connectivity index (χ2n) is 4.82. The molecule has 0 aliphatic rings. The molecule has 0 radical (unpaired) electrons. The molecule has 0 unspecified atom stereocenters. The van der Waals surface area contributed by atoms with Crippen LogP contribution in [0.5, 0.6) is 0 Å². The van der Waals surface area contributed by atoms with Gasteiger partial charge in [-0.3, -0.25) is 4.79 Å². The van der Waals surface area contributed by atoms with Crippen molar-refractivity contribution in [3.05, 3.63) is 12.2 Å². The lowest BCUT2D eigenvalue weighted by atomic mass is 10.0. The Morgan fingerprint density at radius 2 is 1.72 bits per heavy atom. The van der Waals surface area contributed by atoms with E-state index in [0.717, 1.165) is 6.08 Å². The van der Waals surface area contributed by atoms with Gasteiger partial charge in [0.25, 0.3) is 0 Å². The van der Waals surface area contributed by atoms with Gasteiger partial charge < -0.3 is 14.8 Å². The summed E-state index contributed by atoms with van der Waals surface area (Å²) in [5.41, 5.74) is -2.13. The van der Waals surface area contributed by atoms with Gasteiger partial charge in [-0.05, 0) is 39.8 Å². The number of methoxy groups -OCH3 is 1. The highest BCUT2D eigenvalue weighted by molar-refractivity contribution is 5.88. The van der Waals surface area contributed by atoms with Gasteiger partial charge in [-0.25, -0.2) is 9.59 Å². The first-order chi connectivity index (χ1) is 8.14. The molecule has 0 heterocycles. The van der Waals surface area contributed by atoms with Gasteiger partial charge in [0.2, 0.25) is 0 Å². The number of aldehydes is 1. The predicted molar refractivity (Wildman–Crippen MR) is 65.0 cm³/mol. The van der Waals surface area contributed by atoms with Gasteiger partial charge >= 0.3 is 12.1 Å². The quantitative estimate of drug-likeness (QED) is 0.465. The number of amides is 1. The molecule has 0 aromatic carbocycles. The van der Waals surface area contributed by atoms with E-state index in [1.807, 2.05) is 0 Å². The number of alkyl carbamates (subject to hydrolysis) is 1.